The van der Waals surface area contributed by atoms with Crippen molar-refractivity contribution in [1.82, 2.24) is 4.57 Å². The molecule has 1 nitrogen and oxygen atoms in total. The molecule has 1 fully saturated rings. The summed E-state index contributed by atoms with van der Waals surface area (Å²) in [5.74, 6) is 0. The lowest BCUT2D eigenvalue weighted by atomic mass is 9.89. The number of hydrogen-bond donors (Lipinski definition) is 0. The Labute approximate surface area is 213 Å². The first-order valence-electron chi connectivity index (χ1n) is 13.4. The molecule has 0 amide bonds. The number of nitrogens with zero attached hydrogens (tertiary/aromatic N) is 1. The van der Waals surface area contributed by atoms with Crippen molar-refractivity contribution >= 4 is 21.7 Å². The van der Waals surface area contributed by atoms with E-state index in [-0.39, 0.29) is 0 Å². The SMILES string of the molecule is Cc1ccc(-c2c3c4ccccc4c(-c4ccccc4)c-3c3ccccc3n2C2CCCCC2)cc1. The van der Waals surface area contributed by atoms with Gasteiger partial charge in [-0.1, -0.05) is 122 Å². The number of pyridine rings is 1. The van der Waals surface area contributed by atoms with Crippen molar-refractivity contribution in [2.45, 2.75) is 45.1 Å². The van der Waals surface area contributed by atoms with Crippen LogP contribution in [-0.2, 0) is 0 Å². The normalized spacial score (nSPS) is 14.7. The predicted molar refractivity (Wildman–Crippen MR) is 154 cm³/mol. The fourth-order valence-electron chi connectivity index (χ4n) is 6.58. The molecule has 1 heterocycles. The van der Waals surface area contributed by atoms with E-state index < -0.39 is 0 Å². The Kier molecular flexibility index (Phi) is 5.17. The Bertz CT molecular complexity index is 1650. The molecule has 0 bridgehead atoms. The summed E-state index contributed by atoms with van der Waals surface area (Å²) in [6, 6.07) is 38.9. The molecule has 0 radical (unpaired) electrons. The Morgan fingerprint density at radius 1 is 0.528 bits per heavy atom. The molecule has 1 heteroatoms. The maximum Gasteiger partial charge on any atom is 0.0573 e. The van der Waals surface area contributed by atoms with Crippen LogP contribution in [-0.4, -0.2) is 4.57 Å². The summed E-state index contributed by atoms with van der Waals surface area (Å²) in [4.78, 5) is 0. The zero-order chi connectivity index (χ0) is 24.1. The highest BCUT2D eigenvalue weighted by atomic mass is 15.0. The summed E-state index contributed by atoms with van der Waals surface area (Å²) >= 11 is 0. The Morgan fingerprint density at radius 2 is 1.14 bits per heavy atom. The first-order chi connectivity index (χ1) is 17.8. The summed E-state index contributed by atoms with van der Waals surface area (Å²) in [6.07, 6.45) is 6.49. The number of rotatable bonds is 3. The van der Waals surface area contributed by atoms with Gasteiger partial charge in [-0.2, -0.15) is 0 Å². The molecule has 0 atom stereocenters. The third kappa shape index (κ3) is 3.30. The summed E-state index contributed by atoms with van der Waals surface area (Å²) < 4.78 is 2.72. The summed E-state index contributed by atoms with van der Waals surface area (Å²) in [5, 5.41) is 4.07. The third-order valence-corrected chi connectivity index (χ3v) is 8.20. The number of aromatic nitrogens is 1. The number of fused-ring (bicyclic) bond motifs is 5. The van der Waals surface area contributed by atoms with Gasteiger partial charge in [0.05, 0.1) is 5.69 Å². The summed E-state index contributed by atoms with van der Waals surface area (Å²) in [5.41, 5.74) is 10.8. The van der Waals surface area contributed by atoms with Crippen LogP contribution in [0.5, 0.6) is 0 Å². The highest BCUT2D eigenvalue weighted by Crippen LogP contribution is 2.53. The fraction of sp³-hybridized carbons (Fsp3) is 0.200. The van der Waals surface area contributed by atoms with Gasteiger partial charge in [-0.3, -0.25) is 0 Å². The zero-order valence-electron chi connectivity index (χ0n) is 20.9. The van der Waals surface area contributed by atoms with E-state index in [4.69, 9.17) is 0 Å². The highest BCUT2D eigenvalue weighted by molar-refractivity contribution is 6.23. The van der Waals surface area contributed by atoms with Gasteiger partial charge in [0.1, 0.15) is 0 Å². The van der Waals surface area contributed by atoms with Crippen molar-refractivity contribution < 1.29 is 0 Å². The van der Waals surface area contributed by atoms with Gasteiger partial charge in [0.15, 0.2) is 0 Å². The average molecular weight is 466 g/mol. The third-order valence-electron chi connectivity index (χ3n) is 8.20. The van der Waals surface area contributed by atoms with Gasteiger partial charge < -0.3 is 4.57 Å². The van der Waals surface area contributed by atoms with Gasteiger partial charge >= 0.3 is 0 Å². The topological polar surface area (TPSA) is 4.93 Å². The fourth-order valence-corrected chi connectivity index (χ4v) is 6.58. The second-order valence-corrected chi connectivity index (χ2v) is 10.4. The van der Waals surface area contributed by atoms with Crippen LogP contribution in [0, 0.1) is 6.92 Å². The van der Waals surface area contributed by atoms with Crippen LogP contribution >= 0.6 is 0 Å². The highest BCUT2D eigenvalue weighted by Gasteiger charge is 2.30. The first-order valence-corrected chi connectivity index (χ1v) is 13.4. The van der Waals surface area contributed by atoms with E-state index in [2.05, 4.69) is 115 Å². The van der Waals surface area contributed by atoms with Gasteiger partial charge in [0.25, 0.3) is 0 Å². The standard InChI is InChI=1S/C35H31N/c1-24-20-22-26(23-21-24)35-34-29-17-9-8-16-28(29)32(25-12-4-2-5-13-25)33(34)30-18-10-11-19-31(30)36(35)27-14-6-3-7-15-27/h2,4-5,8-13,16-23,27H,3,6-7,14-15H2,1H3. The van der Waals surface area contributed by atoms with E-state index in [0.717, 1.165) is 0 Å². The molecule has 36 heavy (non-hydrogen) atoms. The molecule has 176 valence electrons. The number of para-hydroxylation sites is 1. The van der Waals surface area contributed by atoms with Gasteiger partial charge in [-0.25, -0.2) is 0 Å². The molecule has 0 unspecified atom stereocenters. The monoisotopic (exact) mass is 465 g/mol. The van der Waals surface area contributed by atoms with Crippen LogP contribution < -0.4 is 0 Å². The number of aryl methyl sites for hydroxylation is 1. The molecule has 0 saturated heterocycles. The maximum absolute atomic E-state index is 2.72. The van der Waals surface area contributed by atoms with Crippen LogP contribution in [0.25, 0.3) is 55.2 Å². The Morgan fingerprint density at radius 3 is 1.86 bits per heavy atom. The van der Waals surface area contributed by atoms with Crippen LogP contribution in [0.4, 0.5) is 0 Å². The lowest BCUT2D eigenvalue weighted by Gasteiger charge is -2.32. The quantitative estimate of drug-likeness (QED) is 0.245. The van der Waals surface area contributed by atoms with E-state index in [1.165, 1.54) is 92.9 Å². The molecule has 3 aliphatic rings. The molecular formula is C35H31N. The van der Waals surface area contributed by atoms with Gasteiger partial charge in [0, 0.05) is 28.1 Å². The maximum atomic E-state index is 2.72. The van der Waals surface area contributed by atoms with E-state index in [1.54, 1.807) is 0 Å². The van der Waals surface area contributed by atoms with E-state index in [0.29, 0.717) is 6.04 Å². The zero-order valence-corrected chi connectivity index (χ0v) is 20.9. The number of hydrogen-bond acceptors (Lipinski definition) is 0. The molecular weight excluding hydrogens is 434 g/mol. The molecule has 7 rings (SSSR count). The van der Waals surface area contributed by atoms with Crippen molar-refractivity contribution in [1.29, 1.82) is 0 Å². The Hall–Kier alpha value is -3.84. The number of benzene rings is 4. The molecule has 0 spiro atoms. The smallest absolute Gasteiger partial charge is 0.0573 e. The van der Waals surface area contributed by atoms with Crippen molar-refractivity contribution in [3.63, 3.8) is 0 Å². The first kappa shape index (κ1) is 21.4. The van der Waals surface area contributed by atoms with E-state index in [1.807, 2.05) is 0 Å². The summed E-state index contributed by atoms with van der Waals surface area (Å²) in [7, 11) is 0. The van der Waals surface area contributed by atoms with E-state index in [9.17, 15) is 0 Å². The summed E-state index contributed by atoms with van der Waals surface area (Å²) in [6.45, 7) is 2.18. The van der Waals surface area contributed by atoms with Crippen molar-refractivity contribution in [2.75, 3.05) is 0 Å². The largest absolute Gasteiger partial charge is 0.337 e. The van der Waals surface area contributed by atoms with Crippen LogP contribution in [0.3, 0.4) is 0 Å². The molecule has 2 aliphatic carbocycles. The van der Waals surface area contributed by atoms with Gasteiger partial charge in [-0.15, -0.1) is 0 Å². The Balaban J connectivity index is 1.72. The van der Waals surface area contributed by atoms with E-state index >= 15 is 0 Å². The average Bonchev–Trinajstić information content (AvgIpc) is 3.29. The van der Waals surface area contributed by atoms with Gasteiger partial charge in [0.2, 0.25) is 0 Å². The van der Waals surface area contributed by atoms with Crippen molar-refractivity contribution in [3.05, 3.63) is 109 Å². The van der Waals surface area contributed by atoms with Crippen LogP contribution in [0.15, 0.2) is 103 Å². The van der Waals surface area contributed by atoms with Gasteiger partial charge in [-0.05, 0) is 53.3 Å². The second-order valence-electron chi connectivity index (χ2n) is 10.4. The molecule has 0 N–H and O–H groups in total. The minimum absolute atomic E-state index is 0.526. The molecule has 0 aromatic heterocycles. The van der Waals surface area contributed by atoms with Crippen LogP contribution in [0.2, 0.25) is 0 Å². The molecule has 1 aliphatic heterocycles. The lowest BCUT2D eigenvalue weighted by Crippen LogP contribution is -2.17. The molecule has 4 aromatic carbocycles. The predicted octanol–water partition coefficient (Wildman–Crippen LogP) is 10.0. The van der Waals surface area contributed by atoms with Crippen molar-refractivity contribution in [2.24, 2.45) is 0 Å². The molecule has 1 saturated carbocycles. The second kappa shape index (κ2) is 8.68. The minimum atomic E-state index is 0.526. The molecule has 4 aromatic rings. The lowest BCUT2D eigenvalue weighted by molar-refractivity contribution is 0.362. The van der Waals surface area contributed by atoms with Crippen LogP contribution in [0.1, 0.15) is 43.7 Å². The van der Waals surface area contributed by atoms with Crippen molar-refractivity contribution in [3.8, 4) is 33.5 Å². The minimum Gasteiger partial charge on any atom is -0.337 e.